The largest absolute Gasteiger partial charge is 0.762 e. The van der Waals surface area contributed by atoms with Gasteiger partial charge in [0.1, 0.15) is 12.4 Å². The van der Waals surface area contributed by atoms with Gasteiger partial charge < -0.3 is 0 Å². The van der Waals surface area contributed by atoms with Crippen molar-refractivity contribution in [3.63, 3.8) is 0 Å². The first-order valence-electron chi connectivity index (χ1n) is 5.92. The standard InChI is InChI=1S/C11H21N2.BF3/c1-4-5-6-7-8-13-10-9-12(3)11(13)2;2-1(3)4/h9-10H,4-8H2,1-3H3;/q+1;. The van der Waals surface area contributed by atoms with Gasteiger partial charge in [-0.3, -0.25) is 12.9 Å². The lowest BCUT2D eigenvalue weighted by Gasteiger charge is -1.98. The minimum atomic E-state index is -3.67. The van der Waals surface area contributed by atoms with Gasteiger partial charge in [0.2, 0.25) is 0 Å². The first-order valence-corrected chi connectivity index (χ1v) is 5.92. The summed E-state index contributed by atoms with van der Waals surface area (Å²) >= 11 is 0. The van der Waals surface area contributed by atoms with E-state index in [1.54, 1.807) is 0 Å². The van der Waals surface area contributed by atoms with E-state index in [1.807, 2.05) is 0 Å². The van der Waals surface area contributed by atoms with Crippen LogP contribution in [0.25, 0.3) is 0 Å². The Kier molecular flexibility index (Phi) is 8.63. The molecule has 1 aromatic heterocycles. The van der Waals surface area contributed by atoms with Gasteiger partial charge in [-0.2, -0.15) is 0 Å². The minimum absolute atomic E-state index is 1.17. The number of imidazole rings is 1. The highest BCUT2D eigenvalue weighted by atomic mass is 19.4. The maximum absolute atomic E-state index is 9.67. The molecule has 2 nitrogen and oxygen atoms in total. The predicted octanol–water partition coefficient (Wildman–Crippen LogP) is 3.08. The molecule has 98 valence electrons. The van der Waals surface area contributed by atoms with Crippen LogP contribution < -0.4 is 4.57 Å². The zero-order valence-electron chi connectivity index (χ0n) is 10.8. The monoisotopic (exact) mass is 249 g/mol. The molecule has 0 N–H and O–H groups in total. The normalized spacial score (nSPS) is 9.76. The highest BCUT2D eigenvalue weighted by Crippen LogP contribution is 1.99. The Bertz CT molecular complexity index is 300. The van der Waals surface area contributed by atoms with E-state index < -0.39 is 7.54 Å². The zero-order valence-corrected chi connectivity index (χ0v) is 10.8. The molecule has 0 aliphatic heterocycles. The Morgan fingerprint density at radius 3 is 2.24 bits per heavy atom. The van der Waals surface area contributed by atoms with E-state index in [-0.39, 0.29) is 0 Å². The highest BCUT2D eigenvalue weighted by Gasteiger charge is 2.07. The number of unbranched alkanes of at least 4 members (excludes halogenated alkanes) is 3. The van der Waals surface area contributed by atoms with Crippen LogP contribution in [0, 0.1) is 6.92 Å². The quantitative estimate of drug-likeness (QED) is 0.430. The van der Waals surface area contributed by atoms with Gasteiger partial charge in [-0.05, 0) is 12.8 Å². The summed E-state index contributed by atoms with van der Waals surface area (Å²) in [4.78, 5) is 0. The lowest BCUT2D eigenvalue weighted by atomic mass is 10.2. The molecule has 1 rings (SSSR count). The average molecular weight is 249 g/mol. The Morgan fingerprint density at radius 2 is 1.82 bits per heavy atom. The molecule has 0 amide bonds. The van der Waals surface area contributed by atoms with Gasteiger partial charge in [0, 0.05) is 6.92 Å². The van der Waals surface area contributed by atoms with Crippen molar-refractivity contribution in [3.05, 3.63) is 18.2 Å². The molecule has 0 unspecified atom stereocenters. The Hall–Kier alpha value is -0.935. The topological polar surface area (TPSA) is 8.81 Å². The molecule has 0 spiro atoms. The van der Waals surface area contributed by atoms with Crippen molar-refractivity contribution in [2.45, 2.75) is 46.1 Å². The number of halogens is 3. The van der Waals surface area contributed by atoms with Crippen LogP contribution in [0.15, 0.2) is 12.4 Å². The molecule has 6 heteroatoms. The number of rotatable bonds is 5. The fourth-order valence-corrected chi connectivity index (χ4v) is 1.54. The van der Waals surface area contributed by atoms with Crippen LogP contribution in [0.2, 0.25) is 0 Å². The van der Waals surface area contributed by atoms with Crippen LogP contribution in [0.4, 0.5) is 12.9 Å². The van der Waals surface area contributed by atoms with Crippen LogP contribution >= 0.6 is 0 Å². The lowest BCUT2D eigenvalue weighted by Crippen LogP contribution is -2.35. The van der Waals surface area contributed by atoms with E-state index in [0.717, 1.165) is 0 Å². The van der Waals surface area contributed by atoms with Gasteiger partial charge in [-0.1, -0.05) is 19.8 Å². The molecule has 0 radical (unpaired) electrons. The molecule has 0 aliphatic rings. The second-order valence-corrected chi connectivity index (χ2v) is 3.96. The van der Waals surface area contributed by atoms with E-state index in [2.05, 4.69) is 42.4 Å². The van der Waals surface area contributed by atoms with Crippen LogP contribution in [0.1, 0.15) is 38.4 Å². The molecule has 0 saturated carbocycles. The summed E-state index contributed by atoms with van der Waals surface area (Å²) in [6.07, 6.45) is 9.64. The predicted molar refractivity (Wildman–Crippen MR) is 63.6 cm³/mol. The van der Waals surface area contributed by atoms with Crippen molar-refractivity contribution >= 4 is 7.54 Å². The van der Waals surface area contributed by atoms with Crippen LogP contribution in [-0.2, 0) is 13.6 Å². The SMILES string of the molecule is CCCCCC[n+]1ccn(C)c1C.FB(F)F. The molecule has 0 aliphatic carbocycles. The molecule has 0 fully saturated rings. The first kappa shape index (κ1) is 16.1. The Balaban J connectivity index is 0.000000557. The summed E-state index contributed by atoms with van der Waals surface area (Å²) in [6, 6.07) is 0. The van der Waals surface area contributed by atoms with Crippen LogP contribution in [0.3, 0.4) is 0 Å². The highest BCUT2D eigenvalue weighted by molar-refractivity contribution is 6.33. The maximum atomic E-state index is 9.67. The molecular formula is C11H21BF3N2+. The molecule has 0 atom stereocenters. The lowest BCUT2D eigenvalue weighted by molar-refractivity contribution is -0.702. The molecule has 1 aromatic rings. The van der Waals surface area contributed by atoms with Crippen molar-refractivity contribution in [1.29, 1.82) is 0 Å². The Morgan fingerprint density at radius 1 is 1.24 bits per heavy atom. The van der Waals surface area contributed by atoms with E-state index in [0.29, 0.717) is 0 Å². The van der Waals surface area contributed by atoms with Crippen molar-refractivity contribution in [2.24, 2.45) is 7.05 Å². The second-order valence-electron chi connectivity index (χ2n) is 3.96. The summed E-state index contributed by atoms with van der Waals surface area (Å²) in [5, 5.41) is 0. The van der Waals surface area contributed by atoms with Gasteiger partial charge in [0.05, 0.1) is 13.6 Å². The number of aromatic nitrogens is 2. The van der Waals surface area contributed by atoms with Crippen molar-refractivity contribution in [3.8, 4) is 0 Å². The van der Waals surface area contributed by atoms with Gasteiger partial charge in [0.15, 0.2) is 0 Å². The van der Waals surface area contributed by atoms with E-state index >= 15 is 0 Å². The summed E-state index contributed by atoms with van der Waals surface area (Å²) in [5.41, 5.74) is 0. The van der Waals surface area contributed by atoms with Gasteiger partial charge >= 0.3 is 7.54 Å². The smallest absolute Gasteiger partial charge is 0.254 e. The first-order chi connectivity index (χ1) is 7.99. The van der Waals surface area contributed by atoms with Crippen molar-refractivity contribution in [1.82, 2.24) is 4.57 Å². The number of hydrogen-bond acceptors (Lipinski definition) is 0. The average Bonchev–Trinajstić information content (AvgIpc) is 2.55. The molecule has 1 heterocycles. The minimum Gasteiger partial charge on any atom is -0.254 e. The third kappa shape index (κ3) is 7.88. The Labute approximate surface area is 102 Å². The van der Waals surface area contributed by atoms with E-state index in [4.69, 9.17) is 0 Å². The van der Waals surface area contributed by atoms with Gasteiger partial charge in [-0.25, -0.2) is 9.13 Å². The molecule has 0 aromatic carbocycles. The zero-order chi connectivity index (χ0) is 13.3. The second kappa shape index (κ2) is 9.13. The van der Waals surface area contributed by atoms with Gasteiger partial charge in [-0.15, -0.1) is 0 Å². The third-order valence-electron chi connectivity index (χ3n) is 2.65. The maximum Gasteiger partial charge on any atom is 0.762 e. The summed E-state index contributed by atoms with van der Waals surface area (Å²) in [5.74, 6) is 1.34. The van der Waals surface area contributed by atoms with E-state index in [1.165, 1.54) is 38.1 Å². The van der Waals surface area contributed by atoms with Crippen molar-refractivity contribution < 1.29 is 17.5 Å². The van der Waals surface area contributed by atoms with E-state index in [9.17, 15) is 12.9 Å². The fraction of sp³-hybridized carbons (Fsp3) is 0.727. The molecule has 17 heavy (non-hydrogen) atoms. The number of nitrogens with zero attached hydrogens (tertiary/aromatic N) is 2. The molecular weight excluding hydrogens is 228 g/mol. The van der Waals surface area contributed by atoms with Crippen molar-refractivity contribution in [2.75, 3.05) is 0 Å². The van der Waals surface area contributed by atoms with Gasteiger partial charge in [0.25, 0.3) is 5.82 Å². The molecule has 0 bridgehead atoms. The molecule has 0 saturated heterocycles. The number of hydrogen-bond donors (Lipinski definition) is 0. The summed E-state index contributed by atoms with van der Waals surface area (Å²) in [7, 11) is -1.57. The van der Waals surface area contributed by atoms with Crippen LogP contribution in [-0.4, -0.2) is 12.1 Å². The van der Waals surface area contributed by atoms with Crippen LogP contribution in [0.5, 0.6) is 0 Å². The number of aryl methyl sites for hydroxylation is 2. The third-order valence-corrected chi connectivity index (χ3v) is 2.65. The summed E-state index contributed by atoms with van der Waals surface area (Å²) < 4.78 is 33.5. The fourth-order valence-electron chi connectivity index (χ4n) is 1.54. The summed E-state index contributed by atoms with van der Waals surface area (Å²) in [6.45, 7) is 5.59.